The van der Waals surface area contributed by atoms with Crippen LogP contribution in [0.1, 0.15) is 0 Å². The molecule has 4 rings (SSSR count). The van der Waals surface area contributed by atoms with Crippen LogP contribution >= 0.6 is 11.3 Å². The summed E-state index contributed by atoms with van der Waals surface area (Å²) in [5.41, 5.74) is 3.11. The van der Waals surface area contributed by atoms with Crippen LogP contribution in [0.5, 0.6) is 0 Å². The van der Waals surface area contributed by atoms with Crippen molar-refractivity contribution in [3.63, 3.8) is 0 Å². The normalized spacial score (nSPS) is 10.8. The van der Waals surface area contributed by atoms with E-state index < -0.39 is 0 Å². The first-order valence-electron chi connectivity index (χ1n) is 7.28. The molecule has 6 heteroatoms. The highest BCUT2D eigenvalue weighted by Gasteiger charge is 2.15. The van der Waals surface area contributed by atoms with E-state index in [-0.39, 0.29) is 10.6 Å². The number of aromatic nitrogens is 2. The van der Waals surface area contributed by atoms with E-state index in [1.807, 2.05) is 36.4 Å². The second kappa shape index (κ2) is 5.82. The number of nitro groups is 1. The molecule has 5 nitrogen and oxygen atoms in total. The van der Waals surface area contributed by atoms with Gasteiger partial charge in [0, 0.05) is 12.3 Å². The molecule has 116 valence electrons. The number of hydrogen-bond acceptors (Lipinski definition) is 5. The number of nitrogens with zero attached hydrogens (tertiary/aromatic N) is 3. The topological polar surface area (TPSA) is 68.9 Å². The van der Waals surface area contributed by atoms with E-state index in [1.165, 1.54) is 6.07 Å². The summed E-state index contributed by atoms with van der Waals surface area (Å²) in [5.74, 6) is 0. The number of para-hydroxylation sites is 1. The summed E-state index contributed by atoms with van der Waals surface area (Å²) in [6.07, 6.45) is 1.74. The number of benzene rings is 2. The molecular weight excluding hydrogens is 322 g/mol. The van der Waals surface area contributed by atoms with E-state index in [9.17, 15) is 10.1 Å². The molecule has 24 heavy (non-hydrogen) atoms. The minimum absolute atomic E-state index is 0.0945. The second-order valence-corrected chi connectivity index (χ2v) is 6.22. The Bertz CT molecular complexity index is 1040. The first kappa shape index (κ1) is 14.5. The molecule has 0 saturated heterocycles. The third-order valence-electron chi connectivity index (χ3n) is 3.68. The van der Waals surface area contributed by atoms with Crippen LogP contribution in [0, 0.1) is 10.1 Å². The lowest BCUT2D eigenvalue weighted by molar-refractivity contribution is -0.384. The summed E-state index contributed by atoms with van der Waals surface area (Å²) in [7, 11) is 0. The van der Waals surface area contributed by atoms with Crippen molar-refractivity contribution in [2.45, 2.75) is 0 Å². The minimum atomic E-state index is -0.361. The SMILES string of the molecule is O=[N+]([O-])c1ccccc1-c1ccc2sc(-c3ccccn3)nc2c1. The van der Waals surface area contributed by atoms with Gasteiger partial charge in [-0.1, -0.05) is 24.3 Å². The van der Waals surface area contributed by atoms with Gasteiger partial charge in [-0.3, -0.25) is 15.1 Å². The Hall–Kier alpha value is -3.12. The zero-order chi connectivity index (χ0) is 16.5. The zero-order valence-electron chi connectivity index (χ0n) is 12.4. The maximum atomic E-state index is 11.2. The van der Waals surface area contributed by atoms with Crippen LogP contribution in [-0.2, 0) is 0 Å². The zero-order valence-corrected chi connectivity index (χ0v) is 13.2. The predicted molar refractivity (Wildman–Crippen MR) is 94.9 cm³/mol. The van der Waals surface area contributed by atoms with Crippen molar-refractivity contribution < 1.29 is 4.92 Å². The number of fused-ring (bicyclic) bond motifs is 1. The molecule has 0 aliphatic carbocycles. The molecular formula is C18H11N3O2S. The Morgan fingerprint density at radius 3 is 2.62 bits per heavy atom. The highest BCUT2D eigenvalue weighted by molar-refractivity contribution is 7.21. The standard InChI is InChI=1S/C18H11N3O2S/c22-21(23)16-7-2-1-5-13(16)12-8-9-17-15(11-12)20-18(24-17)14-6-3-4-10-19-14/h1-11H. The predicted octanol–water partition coefficient (Wildman–Crippen LogP) is 4.93. The van der Waals surface area contributed by atoms with Crippen LogP contribution in [0.2, 0.25) is 0 Å². The summed E-state index contributed by atoms with van der Waals surface area (Å²) in [6, 6.07) is 18.2. The van der Waals surface area contributed by atoms with Gasteiger partial charge >= 0.3 is 0 Å². The second-order valence-electron chi connectivity index (χ2n) is 5.19. The fourth-order valence-corrected chi connectivity index (χ4v) is 3.49. The van der Waals surface area contributed by atoms with Crippen molar-refractivity contribution in [2.75, 3.05) is 0 Å². The third kappa shape index (κ3) is 2.53. The quantitative estimate of drug-likeness (QED) is 0.393. The first-order chi connectivity index (χ1) is 11.7. The molecule has 0 saturated carbocycles. The van der Waals surface area contributed by atoms with Gasteiger partial charge in [0.25, 0.3) is 5.69 Å². The molecule has 4 aromatic rings. The number of pyridine rings is 1. The van der Waals surface area contributed by atoms with Crippen LogP contribution in [0.25, 0.3) is 32.0 Å². The molecule has 0 fully saturated rings. The number of hydrogen-bond donors (Lipinski definition) is 0. The molecule has 0 amide bonds. The Kier molecular flexibility index (Phi) is 3.51. The average molecular weight is 333 g/mol. The van der Waals surface area contributed by atoms with E-state index in [0.717, 1.165) is 26.5 Å². The summed E-state index contributed by atoms with van der Waals surface area (Å²) < 4.78 is 1.03. The van der Waals surface area contributed by atoms with Gasteiger partial charge in [-0.2, -0.15) is 0 Å². The summed E-state index contributed by atoms with van der Waals surface area (Å²) >= 11 is 1.56. The van der Waals surface area contributed by atoms with Crippen molar-refractivity contribution in [3.8, 4) is 21.8 Å². The summed E-state index contributed by atoms with van der Waals surface area (Å²) in [6.45, 7) is 0. The van der Waals surface area contributed by atoms with Crippen molar-refractivity contribution >= 4 is 27.2 Å². The minimum Gasteiger partial charge on any atom is -0.258 e. The Labute approximate surface area is 141 Å². The van der Waals surface area contributed by atoms with Crippen LogP contribution in [0.15, 0.2) is 66.9 Å². The highest BCUT2D eigenvalue weighted by Crippen LogP contribution is 2.34. The number of nitro benzene ring substituents is 1. The van der Waals surface area contributed by atoms with Crippen molar-refractivity contribution in [2.24, 2.45) is 0 Å². The van der Waals surface area contributed by atoms with E-state index in [0.29, 0.717) is 5.56 Å². The lowest BCUT2D eigenvalue weighted by Crippen LogP contribution is -1.91. The van der Waals surface area contributed by atoms with E-state index in [1.54, 1.807) is 35.7 Å². The van der Waals surface area contributed by atoms with Gasteiger partial charge in [-0.05, 0) is 35.9 Å². The third-order valence-corrected chi connectivity index (χ3v) is 4.74. The van der Waals surface area contributed by atoms with Crippen LogP contribution in [0.4, 0.5) is 5.69 Å². The fourth-order valence-electron chi connectivity index (χ4n) is 2.57. The lowest BCUT2D eigenvalue weighted by Gasteiger charge is -2.02. The van der Waals surface area contributed by atoms with Crippen LogP contribution < -0.4 is 0 Å². The van der Waals surface area contributed by atoms with Crippen molar-refractivity contribution in [3.05, 3.63) is 77.0 Å². The van der Waals surface area contributed by atoms with Gasteiger partial charge < -0.3 is 0 Å². The Balaban J connectivity index is 1.84. The van der Waals surface area contributed by atoms with Crippen LogP contribution in [-0.4, -0.2) is 14.9 Å². The molecule has 0 bridgehead atoms. The molecule has 2 aromatic heterocycles. The van der Waals surface area contributed by atoms with Gasteiger partial charge in [-0.25, -0.2) is 4.98 Å². The molecule has 0 atom stereocenters. The average Bonchev–Trinajstić information content (AvgIpc) is 3.05. The van der Waals surface area contributed by atoms with Gasteiger partial charge in [0.05, 0.1) is 26.4 Å². The fraction of sp³-hybridized carbons (Fsp3) is 0. The summed E-state index contributed by atoms with van der Waals surface area (Å²) in [5, 5.41) is 12.1. The van der Waals surface area contributed by atoms with Crippen molar-refractivity contribution in [1.29, 1.82) is 0 Å². The maximum Gasteiger partial charge on any atom is 0.277 e. The molecule has 0 spiro atoms. The number of rotatable bonds is 3. The highest BCUT2D eigenvalue weighted by atomic mass is 32.1. The van der Waals surface area contributed by atoms with E-state index in [4.69, 9.17) is 0 Å². The van der Waals surface area contributed by atoms with Gasteiger partial charge in [0.2, 0.25) is 0 Å². The molecule has 0 aliphatic rings. The monoisotopic (exact) mass is 333 g/mol. The molecule has 0 radical (unpaired) electrons. The molecule has 2 aromatic carbocycles. The maximum absolute atomic E-state index is 11.2. The molecule has 0 unspecified atom stereocenters. The number of thiazole rings is 1. The van der Waals surface area contributed by atoms with Crippen LogP contribution in [0.3, 0.4) is 0 Å². The summed E-state index contributed by atoms with van der Waals surface area (Å²) in [4.78, 5) is 19.8. The van der Waals surface area contributed by atoms with Gasteiger partial charge in [0.15, 0.2) is 0 Å². The molecule has 0 aliphatic heterocycles. The largest absolute Gasteiger partial charge is 0.277 e. The van der Waals surface area contributed by atoms with E-state index >= 15 is 0 Å². The van der Waals surface area contributed by atoms with Gasteiger partial charge in [-0.15, -0.1) is 11.3 Å². The molecule has 2 heterocycles. The van der Waals surface area contributed by atoms with E-state index in [2.05, 4.69) is 9.97 Å². The smallest absolute Gasteiger partial charge is 0.258 e. The first-order valence-corrected chi connectivity index (χ1v) is 8.10. The van der Waals surface area contributed by atoms with Gasteiger partial charge in [0.1, 0.15) is 5.01 Å². The Morgan fingerprint density at radius 2 is 1.83 bits per heavy atom. The van der Waals surface area contributed by atoms with Crippen molar-refractivity contribution in [1.82, 2.24) is 9.97 Å². The Morgan fingerprint density at radius 1 is 1.00 bits per heavy atom. The molecule has 0 N–H and O–H groups in total. The lowest BCUT2D eigenvalue weighted by atomic mass is 10.0.